The average molecular weight is 267 g/mol. The molecule has 2 rings (SSSR count). The van der Waals surface area contributed by atoms with Gasteiger partial charge < -0.3 is 10.2 Å². The minimum atomic E-state index is -0.805. The van der Waals surface area contributed by atoms with Crippen LogP contribution in [-0.2, 0) is 11.3 Å². The van der Waals surface area contributed by atoms with Crippen LogP contribution in [0.25, 0.3) is 0 Å². The van der Waals surface area contributed by atoms with Gasteiger partial charge in [-0.15, -0.1) is 0 Å². The zero-order valence-electron chi connectivity index (χ0n) is 10.9. The highest BCUT2D eigenvalue weighted by atomic mass is 19.1. The van der Waals surface area contributed by atoms with E-state index in [1.54, 1.807) is 6.92 Å². The number of carbonyl (C=O) groups is 1. The number of hydrogen-bond donors (Lipinski definition) is 2. The number of piperidine rings is 1. The summed E-state index contributed by atoms with van der Waals surface area (Å²) in [6.07, 6.45) is 1.44. The van der Waals surface area contributed by atoms with E-state index in [1.807, 2.05) is 4.90 Å². The molecule has 2 N–H and O–H groups in total. The van der Waals surface area contributed by atoms with Gasteiger partial charge in [-0.2, -0.15) is 0 Å². The van der Waals surface area contributed by atoms with E-state index in [0.29, 0.717) is 25.1 Å². The Morgan fingerprint density at radius 2 is 2.26 bits per heavy atom. The highest BCUT2D eigenvalue weighted by molar-refractivity contribution is 5.74. The number of benzene rings is 1. The minimum Gasteiger partial charge on any atom is -0.508 e. The smallest absolute Gasteiger partial charge is 0.310 e. The van der Waals surface area contributed by atoms with Gasteiger partial charge in [0.05, 0.1) is 5.41 Å². The lowest BCUT2D eigenvalue weighted by molar-refractivity contribution is -0.151. The van der Waals surface area contributed by atoms with Gasteiger partial charge in [0.25, 0.3) is 0 Å². The van der Waals surface area contributed by atoms with Crippen molar-refractivity contribution in [2.45, 2.75) is 26.3 Å². The second kappa shape index (κ2) is 5.17. The third-order valence-corrected chi connectivity index (χ3v) is 3.73. The number of carboxylic acid groups (broad SMARTS) is 1. The fourth-order valence-corrected chi connectivity index (χ4v) is 2.58. The second-order valence-corrected chi connectivity index (χ2v) is 5.45. The molecule has 19 heavy (non-hydrogen) atoms. The lowest BCUT2D eigenvalue weighted by Crippen LogP contribution is -2.45. The molecule has 1 aromatic carbocycles. The van der Waals surface area contributed by atoms with Crippen LogP contribution in [0.4, 0.5) is 4.39 Å². The summed E-state index contributed by atoms with van der Waals surface area (Å²) >= 11 is 0. The summed E-state index contributed by atoms with van der Waals surface area (Å²) in [5.74, 6) is -1.16. The van der Waals surface area contributed by atoms with Gasteiger partial charge in [-0.3, -0.25) is 9.69 Å². The van der Waals surface area contributed by atoms with Crippen LogP contribution in [0.3, 0.4) is 0 Å². The molecule has 0 aliphatic carbocycles. The molecule has 0 amide bonds. The SMILES string of the molecule is CC1(C(=O)O)CCCN(Cc2cc(F)ccc2O)C1. The van der Waals surface area contributed by atoms with Crippen molar-refractivity contribution in [1.29, 1.82) is 0 Å². The van der Waals surface area contributed by atoms with Crippen molar-refractivity contribution in [2.75, 3.05) is 13.1 Å². The number of carboxylic acids is 1. The Balaban J connectivity index is 2.11. The molecule has 1 heterocycles. The maximum atomic E-state index is 13.2. The Morgan fingerprint density at radius 1 is 1.53 bits per heavy atom. The normalized spacial score (nSPS) is 24.3. The predicted molar refractivity (Wildman–Crippen MR) is 68.3 cm³/mol. The summed E-state index contributed by atoms with van der Waals surface area (Å²) in [6.45, 7) is 3.27. The molecular weight excluding hydrogens is 249 g/mol. The standard InChI is InChI=1S/C14H18FNO3/c1-14(13(18)19)5-2-6-16(9-14)8-10-7-11(15)3-4-12(10)17/h3-4,7,17H,2,5-6,8-9H2,1H3,(H,18,19). The van der Waals surface area contributed by atoms with Crippen molar-refractivity contribution >= 4 is 5.97 Å². The zero-order chi connectivity index (χ0) is 14.0. The number of rotatable bonds is 3. The molecule has 0 aromatic heterocycles. The van der Waals surface area contributed by atoms with Crippen LogP contribution < -0.4 is 0 Å². The number of halogens is 1. The summed E-state index contributed by atoms with van der Waals surface area (Å²) in [5.41, 5.74) is -0.268. The van der Waals surface area contributed by atoms with Gasteiger partial charge in [-0.1, -0.05) is 0 Å². The van der Waals surface area contributed by atoms with Gasteiger partial charge >= 0.3 is 5.97 Å². The Kier molecular flexibility index (Phi) is 3.75. The zero-order valence-corrected chi connectivity index (χ0v) is 10.9. The monoisotopic (exact) mass is 267 g/mol. The van der Waals surface area contributed by atoms with Gasteiger partial charge in [-0.05, 0) is 44.5 Å². The molecule has 1 saturated heterocycles. The third-order valence-electron chi connectivity index (χ3n) is 3.73. The van der Waals surface area contributed by atoms with Crippen molar-refractivity contribution in [3.8, 4) is 5.75 Å². The first-order chi connectivity index (χ1) is 8.90. The van der Waals surface area contributed by atoms with Crippen molar-refractivity contribution in [3.63, 3.8) is 0 Å². The Labute approximate surface area is 111 Å². The van der Waals surface area contributed by atoms with Crippen molar-refractivity contribution in [1.82, 2.24) is 4.90 Å². The van der Waals surface area contributed by atoms with Crippen LogP contribution in [0.5, 0.6) is 5.75 Å². The number of phenols is 1. The van der Waals surface area contributed by atoms with Gasteiger partial charge in [0.15, 0.2) is 0 Å². The fraction of sp³-hybridized carbons (Fsp3) is 0.500. The van der Waals surface area contributed by atoms with E-state index >= 15 is 0 Å². The lowest BCUT2D eigenvalue weighted by Gasteiger charge is -2.37. The first-order valence-electron chi connectivity index (χ1n) is 6.34. The maximum absolute atomic E-state index is 13.2. The number of nitrogens with zero attached hydrogens (tertiary/aromatic N) is 1. The summed E-state index contributed by atoms with van der Waals surface area (Å²) in [7, 11) is 0. The largest absolute Gasteiger partial charge is 0.508 e. The number of aromatic hydroxyl groups is 1. The minimum absolute atomic E-state index is 0.0454. The fourth-order valence-electron chi connectivity index (χ4n) is 2.58. The van der Waals surface area contributed by atoms with Gasteiger partial charge in [-0.25, -0.2) is 4.39 Å². The van der Waals surface area contributed by atoms with Gasteiger partial charge in [0, 0.05) is 18.7 Å². The molecule has 0 spiro atoms. The highest BCUT2D eigenvalue weighted by Gasteiger charge is 2.37. The number of likely N-dealkylation sites (tertiary alicyclic amines) is 1. The Hall–Kier alpha value is -1.62. The van der Waals surface area contributed by atoms with Crippen LogP contribution in [0.1, 0.15) is 25.3 Å². The van der Waals surface area contributed by atoms with E-state index in [1.165, 1.54) is 18.2 Å². The van der Waals surface area contributed by atoms with Crippen LogP contribution in [0, 0.1) is 11.2 Å². The molecule has 1 fully saturated rings. The number of phenolic OH excluding ortho intramolecular Hbond substituents is 1. The molecule has 1 aliphatic heterocycles. The molecule has 1 aromatic rings. The van der Waals surface area contributed by atoms with E-state index < -0.39 is 17.2 Å². The summed E-state index contributed by atoms with van der Waals surface area (Å²) in [4.78, 5) is 13.2. The van der Waals surface area contributed by atoms with Crippen molar-refractivity contribution in [3.05, 3.63) is 29.6 Å². The van der Waals surface area contributed by atoms with Gasteiger partial charge in [0.1, 0.15) is 11.6 Å². The topological polar surface area (TPSA) is 60.8 Å². The van der Waals surface area contributed by atoms with Crippen molar-refractivity contribution in [2.24, 2.45) is 5.41 Å². The molecule has 5 heteroatoms. The number of hydrogen-bond acceptors (Lipinski definition) is 3. The van der Waals surface area contributed by atoms with Crippen LogP contribution in [-0.4, -0.2) is 34.2 Å². The molecule has 1 unspecified atom stereocenters. The quantitative estimate of drug-likeness (QED) is 0.881. The first kappa shape index (κ1) is 13.8. The Bertz CT molecular complexity index is 492. The first-order valence-corrected chi connectivity index (χ1v) is 6.34. The highest BCUT2D eigenvalue weighted by Crippen LogP contribution is 2.31. The molecule has 1 atom stereocenters. The number of aliphatic carboxylic acids is 1. The summed E-state index contributed by atoms with van der Waals surface area (Å²) in [6, 6.07) is 3.82. The second-order valence-electron chi connectivity index (χ2n) is 5.45. The summed E-state index contributed by atoms with van der Waals surface area (Å²) in [5, 5.41) is 18.9. The molecule has 0 saturated carbocycles. The van der Waals surface area contributed by atoms with Gasteiger partial charge in [0.2, 0.25) is 0 Å². The van der Waals surface area contributed by atoms with E-state index in [0.717, 1.165) is 13.0 Å². The van der Waals surface area contributed by atoms with Crippen LogP contribution in [0.2, 0.25) is 0 Å². The molecule has 0 radical (unpaired) electrons. The predicted octanol–water partition coefficient (Wildman–Crippen LogP) is 2.22. The van der Waals surface area contributed by atoms with Crippen LogP contribution >= 0.6 is 0 Å². The maximum Gasteiger partial charge on any atom is 0.310 e. The molecular formula is C14H18FNO3. The lowest BCUT2D eigenvalue weighted by atomic mass is 9.82. The van der Waals surface area contributed by atoms with E-state index in [9.17, 15) is 19.4 Å². The van der Waals surface area contributed by atoms with Crippen LogP contribution in [0.15, 0.2) is 18.2 Å². The molecule has 0 bridgehead atoms. The molecule has 1 aliphatic rings. The molecule has 4 nitrogen and oxygen atoms in total. The molecule has 104 valence electrons. The third kappa shape index (κ3) is 3.04. The average Bonchev–Trinajstić information content (AvgIpc) is 2.34. The Morgan fingerprint density at radius 3 is 2.95 bits per heavy atom. The summed E-state index contributed by atoms with van der Waals surface area (Å²) < 4.78 is 13.2. The van der Waals surface area contributed by atoms with E-state index in [-0.39, 0.29) is 5.75 Å². The van der Waals surface area contributed by atoms with E-state index in [4.69, 9.17) is 0 Å². The van der Waals surface area contributed by atoms with E-state index in [2.05, 4.69) is 0 Å². The van der Waals surface area contributed by atoms with Crippen molar-refractivity contribution < 1.29 is 19.4 Å².